The highest BCUT2D eigenvalue weighted by Crippen LogP contribution is 2.25. The number of aliphatic hydroxyl groups is 1. The van der Waals surface area contributed by atoms with Crippen LogP contribution in [-0.2, 0) is 14.1 Å². The van der Waals surface area contributed by atoms with Crippen LogP contribution in [0.5, 0.6) is 0 Å². The van der Waals surface area contributed by atoms with Gasteiger partial charge >= 0.3 is 19.7 Å². The van der Waals surface area contributed by atoms with Gasteiger partial charge in [-0.1, -0.05) is 6.07 Å². The molecule has 1 radical (unpaired) electrons. The summed E-state index contributed by atoms with van der Waals surface area (Å²) in [4.78, 5) is 24.4. The molecule has 153 valence electrons. The normalized spacial score (nSPS) is 17.3. The van der Waals surface area contributed by atoms with Gasteiger partial charge in [0, 0.05) is 0 Å². The number of rotatable bonds is 7. The summed E-state index contributed by atoms with van der Waals surface area (Å²) < 4.78 is 29.6. The standard InChI is InChI=1S/C18H25BFN2O6/c1-17(2,25)18(3,4)28-19-13-7-6-11(8-14(13)20)22-10-12(27-16(22)24)9-21-15(23)26-5/h6-8,12,25H,9-10H2,1-5H3,(H,21,23)/t12-/m0/s1. The molecule has 0 unspecified atom stereocenters. The summed E-state index contributed by atoms with van der Waals surface area (Å²) in [5.74, 6) is -0.590. The summed E-state index contributed by atoms with van der Waals surface area (Å²) >= 11 is 0. The van der Waals surface area contributed by atoms with Gasteiger partial charge in [0.15, 0.2) is 0 Å². The fraction of sp³-hybridized carbons (Fsp3) is 0.556. The molecule has 1 aromatic rings. The first-order valence-electron chi connectivity index (χ1n) is 8.77. The van der Waals surface area contributed by atoms with Crippen molar-refractivity contribution in [1.82, 2.24) is 5.32 Å². The van der Waals surface area contributed by atoms with Crippen LogP contribution in [0.15, 0.2) is 18.2 Å². The largest absolute Gasteiger partial charge is 0.453 e. The van der Waals surface area contributed by atoms with Crippen molar-refractivity contribution in [3.63, 3.8) is 0 Å². The van der Waals surface area contributed by atoms with Crippen molar-refractivity contribution in [2.75, 3.05) is 25.1 Å². The van der Waals surface area contributed by atoms with Gasteiger partial charge in [-0.3, -0.25) is 4.90 Å². The van der Waals surface area contributed by atoms with Crippen LogP contribution in [0.1, 0.15) is 27.7 Å². The quantitative estimate of drug-likeness (QED) is 0.676. The lowest BCUT2D eigenvalue weighted by atomic mass is 9.82. The van der Waals surface area contributed by atoms with Gasteiger partial charge < -0.3 is 24.6 Å². The Morgan fingerprint density at radius 2 is 2.11 bits per heavy atom. The molecule has 1 atom stereocenters. The molecule has 1 aliphatic rings. The van der Waals surface area contributed by atoms with Crippen LogP contribution in [0.2, 0.25) is 0 Å². The number of ether oxygens (including phenoxy) is 2. The smallest absolute Gasteiger partial charge is 0.414 e. The number of carbonyl (C=O) groups excluding carboxylic acids is 2. The van der Waals surface area contributed by atoms with Gasteiger partial charge in [-0.05, 0) is 45.3 Å². The van der Waals surface area contributed by atoms with E-state index in [-0.39, 0.29) is 18.6 Å². The zero-order valence-electron chi connectivity index (χ0n) is 16.6. The maximum atomic E-state index is 14.5. The van der Waals surface area contributed by atoms with Gasteiger partial charge in [0.1, 0.15) is 11.9 Å². The molecule has 10 heteroatoms. The molecule has 0 saturated carbocycles. The number of halogens is 1. The third kappa shape index (κ3) is 5.14. The number of nitrogens with zero attached hydrogens (tertiary/aromatic N) is 1. The molecule has 2 N–H and O–H groups in total. The third-order valence-corrected chi connectivity index (χ3v) is 4.78. The van der Waals surface area contributed by atoms with Gasteiger partial charge in [0.25, 0.3) is 0 Å². The van der Waals surface area contributed by atoms with Crippen molar-refractivity contribution >= 4 is 30.8 Å². The highest BCUT2D eigenvalue weighted by molar-refractivity contribution is 6.47. The second-order valence-electron chi connectivity index (χ2n) is 7.50. The number of hydrogen-bond donors (Lipinski definition) is 2. The van der Waals surface area contributed by atoms with Gasteiger partial charge in [0.05, 0.1) is 37.1 Å². The van der Waals surface area contributed by atoms with Crippen molar-refractivity contribution in [1.29, 1.82) is 0 Å². The number of nitrogens with one attached hydrogen (secondary N) is 1. The summed E-state index contributed by atoms with van der Waals surface area (Å²) in [6.07, 6.45) is -1.83. The number of amides is 2. The van der Waals surface area contributed by atoms with Gasteiger partial charge in [-0.2, -0.15) is 0 Å². The SMILES string of the molecule is COC(=O)NC[C@H]1CN(c2ccc([B]OC(C)(C)C(C)(C)O)c(F)c2)C(=O)O1. The number of cyclic esters (lactones) is 1. The summed E-state index contributed by atoms with van der Waals surface area (Å²) in [6, 6.07) is 4.23. The van der Waals surface area contributed by atoms with Crippen molar-refractivity contribution in [2.24, 2.45) is 0 Å². The molecule has 0 aromatic heterocycles. The van der Waals surface area contributed by atoms with E-state index in [1.807, 2.05) is 0 Å². The molecule has 2 amide bonds. The van der Waals surface area contributed by atoms with Gasteiger partial charge in [-0.25, -0.2) is 14.0 Å². The van der Waals surface area contributed by atoms with Crippen LogP contribution in [0.25, 0.3) is 0 Å². The third-order valence-electron chi connectivity index (χ3n) is 4.78. The Kier molecular flexibility index (Phi) is 6.56. The molecule has 1 saturated heterocycles. The van der Waals surface area contributed by atoms with Crippen molar-refractivity contribution in [3.05, 3.63) is 24.0 Å². The number of anilines is 1. The summed E-state index contributed by atoms with van der Waals surface area (Å²) in [6.45, 7) is 6.84. The molecule has 0 bridgehead atoms. The molecule has 1 aromatic carbocycles. The fourth-order valence-corrected chi connectivity index (χ4v) is 2.24. The average Bonchev–Trinajstić information content (AvgIpc) is 2.98. The number of methoxy groups -OCH3 is 1. The van der Waals surface area contributed by atoms with Crippen LogP contribution in [0.3, 0.4) is 0 Å². The number of carbonyl (C=O) groups is 2. The Labute approximate surface area is 164 Å². The van der Waals surface area contributed by atoms with Crippen molar-refractivity contribution in [3.8, 4) is 0 Å². The highest BCUT2D eigenvalue weighted by Gasteiger charge is 2.36. The van der Waals surface area contributed by atoms with E-state index >= 15 is 0 Å². The van der Waals surface area contributed by atoms with Crippen LogP contribution >= 0.6 is 0 Å². The molecule has 8 nitrogen and oxygen atoms in total. The molecule has 1 aliphatic heterocycles. The van der Waals surface area contributed by atoms with E-state index in [2.05, 4.69) is 10.1 Å². The minimum atomic E-state index is -1.13. The summed E-state index contributed by atoms with van der Waals surface area (Å²) in [7, 11) is 2.47. The predicted octanol–water partition coefficient (Wildman–Crippen LogP) is 1.32. The zero-order valence-corrected chi connectivity index (χ0v) is 16.6. The second kappa shape index (κ2) is 8.36. The molecule has 2 rings (SSSR count). The fourth-order valence-electron chi connectivity index (χ4n) is 2.24. The van der Waals surface area contributed by atoms with Crippen molar-refractivity contribution in [2.45, 2.75) is 45.0 Å². The van der Waals surface area contributed by atoms with Crippen LogP contribution in [-0.4, -0.2) is 62.3 Å². The van der Waals surface area contributed by atoms with E-state index in [9.17, 15) is 19.1 Å². The van der Waals surface area contributed by atoms with E-state index in [1.165, 1.54) is 31.6 Å². The lowest BCUT2D eigenvalue weighted by Gasteiger charge is -2.37. The molecular weight excluding hydrogens is 370 g/mol. The topological polar surface area (TPSA) is 97.3 Å². The molecule has 0 spiro atoms. The van der Waals surface area contributed by atoms with Crippen LogP contribution in [0.4, 0.5) is 19.7 Å². The Hall–Kier alpha value is -2.33. The molecule has 1 fully saturated rings. The van der Waals surface area contributed by atoms with E-state index in [4.69, 9.17) is 9.39 Å². The Bertz CT molecular complexity index is 737. The lowest BCUT2D eigenvalue weighted by molar-refractivity contribution is -0.0893. The predicted molar refractivity (Wildman–Crippen MR) is 101 cm³/mol. The van der Waals surface area contributed by atoms with Gasteiger partial charge in [-0.15, -0.1) is 0 Å². The van der Waals surface area contributed by atoms with Gasteiger partial charge in [0.2, 0.25) is 0 Å². The average molecular weight is 395 g/mol. The monoisotopic (exact) mass is 395 g/mol. The maximum absolute atomic E-state index is 14.5. The Morgan fingerprint density at radius 3 is 2.68 bits per heavy atom. The number of alkyl carbamates (subject to hydrolysis) is 1. The number of hydrogen-bond acceptors (Lipinski definition) is 6. The van der Waals surface area contributed by atoms with E-state index < -0.39 is 35.3 Å². The Morgan fingerprint density at radius 1 is 1.43 bits per heavy atom. The van der Waals surface area contributed by atoms with E-state index in [0.29, 0.717) is 5.69 Å². The first kappa shape index (κ1) is 22.0. The number of benzene rings is 1. The first-order chi connectivity index (χ1) is 12.9. The minimum Gasteiger partial charge on any atom is -0.453 e. The lowest BCUT2D eigenvalue weighted by Crippen LogP contribution is -2.49. The first-order valence-corrected chi connectivity index (χ1v) is 8.77. The van der Waals surface area contributed by atoms with Crippen LogP contribution in [0, 0.1) is 5.82 Å². The second-order valence-corrected chi connectivity index (χ2v) is 7.50. The Balaban J connectivity index is 2.02. The highest BCUT2D eigenvalue weighted by atomic mass is 19.1. The van der Waals surface area contributed by atoms with Crippen molar-refractivity contribution < 1.29 is 33.2 Å². The molecule has 1 heterocycles. The maximum Gasteiger partial charge on any atom is 0.414 e. The summed E-state index contributed by atoms with van der Waals surface area (Å²) in [5.41, 5.74) is -1.57. The minimum absolute atomic E-state index is 0.0864. The van der Waals surface area contributed by atoms with Crippen LogP contribution < -0.4 is 15.7 Å². The molecular formula is C18H25BFN2O6. The zero-order chi connectivity index (χ0) is 21.1. The van der Waals surface area contributed by atoms with E-state index in [0.717, 1.165) is 0 Å². The van der Waals surface area contributed by atoms with E-state index in [1.54, 1.807) is 33.8 Å². The summed E-state index contributed by atoms with van der Waals surface area (Å²) in [5, 5.41) is 12.5. The molecule has 0 aliphatic carbocycles. The molecule has 28 heavy (non-hydrogen) atoms.